The first-order chi connectivity index (χ1) is 13.3. The van der Waals surface area contributed by atoms with Gasteiger partial charge in [-0.2, -0.15) is 0 Å². The number of hydrogen-bond acceptors (Lipinski definition) is 2. The maximum atomic E-state index is 13.5. The first-order valence-electron chi connectivity index (χ1n) is 10.0. The van der Waals surface area contributed by atoms with E-state index in [4.69, 9.17) is 0 Å². The Morgan fingerprint density at radius 1 is 1.07 bits per heavy atom. The van der Waals surface area contributed by atoms with Crippen molar-refractivity contribution < 1.29 is 14.7 Å². The van der Waals surface area contributed by atoms with E-state index in [1.165, 1.54) is 11.1 Å². The molecule has 1 fully saturated rings. The Hall–Kier alpha value is -2.62. The summed E-state index contributed by atoms with van der Waals surface area (Å²) in [5.74, 6) is -1.53. The highest BCUT2D eigenvalue weighted by Crippen LogP contribution is 2.51. The van der Waals surface area contributed by atoms with Crippen LogP contribution in [0.25, 0.3) is 0 Å². The Morgan fingerprint density at radius 3 is 2.43 bits per heavy atom. The van der Waals surface area contributed by atoms with E-state index in [0.29, 0.717) is 17.7 Å². The van der Waals surface area contributed by atoms with E-state index in [1.54, 1.807) is 6.07 Å². The predicted octanol–water partition coefficient (Wildman–Crippen LogP) is 4.75. The zero-order valence-electron chi connectivity index (χ0n) is 16.8. The fourth-order valence-electron chi connectivity index (χ4n) is 5.13. The van der Waals surface area contributed by atoms with Crippen LogP contribution in [0.15, 0.2) is 36.4 Å². The summed E-state index contributed by atoms with van der Waals surface area (Å²) in [6.07, 6.45) is 3.41. The molecule has 28 heavy (non-hydrogen) atoms. The van der Waals surface area contributed by atoms with Crippen molar-refractivity contribution in [3.8, 4) is 0 Å². The Labute approximate surface area is 166 Å². The summed E-state index contributed by atoms with van der Waals surface area (Å²) < 4.78 is 0. The molecule has 1 unspecified atom stereocenters. The molecule has 4 heteroatoms. The lowest BCUT2D eigenvalue weighted by atomic mass is 9.71. The van der Waals surface area contributed by atoms with Crippen molar-refractivity contribution in [2.75, 3.05) is 0 Å². The van der Waals surface area contributed by atoms with Gasteiger partial charge in [-0.3, -0.25) is 9.59 Å². The number of fused-ring (bicyclic) bond motifs is 1. The van der Waals surface area contributed by atoms with Gasteiger partial charge in [-0.15, -0.1) is 0 Å². The number of hydrogen-bond donors (Lipinski definition) is 1. The highest BCUT2D eigenvalue weighted by molar-refractivity contribution is 6.01. The van der Waals surface area contributed by atoms with Crippen molar-refractivity contribution in [2.24, 2.45) is 0 Å². The molecule has 1 heterocycles. The summed E-state index contributed by atoms with van der Waals surface area (Å²) in [6, 6.07) is 11.9. The molecule has 1 aliphatic carbocycles. The van der Waals surface area contributed by atoms with Crippen molar-refractivity contribution >= 4 is 11.9 Å². The topological polar surface area (TPSA) is 57.6 Å². The van der Waals surface area contributed by atoms with Crippen LogP contribution in [0.1, 0.15) is 69.8 Å². The second-order valence-electron chi connectivity index (χ2n) is 8.48. The third-order valence-corrected chi connectivity index (χ3v) is 6.70. The lowest BCUT2D eigenvalue weighted by Crippen LogP contribution is -2.58. The van der Waals surface area contributed by atoms with Crippen molar-refractivity contribution in [3.05, 3.63) is 69.8 Å². The first-order valence-corrected chi connectivity index (χ1v) is 10.0. The van der Waals surface area contributed by atoms with Gasteiger partial charge in [-0.05, 0) is 61.9 Å². The molecule has 146 valence electrons. The second kappa shape index (κ2) is 6.77. The van der Waals surface area contributed by atoms with Gasteiger partial charge in [-0.25, -0.2) is 0 Å². The summed E-state index contributed by atoms with van der Waals surface area (Å²) >= 11 is 0. The summed E-state index contributed by atoms with van der Waals surface area (Å²) in [4.78, 5) is 27.9. The fourth-order valence-corrected chi connectivity index (χ4v) is 5.13. The summed E-state index contributed by atoms with van der Waals surface area (Å²) in [5, 5.41) is 10.2. The van der Waals surface area contributed by atoms with E-state index in [9.17, 15) is 14.7 Å². The average molecular weight is 377 g/mol. The summed E-state index contributed by atoms with van der Waals surface area (Å²) in [7, 11) is 0. The minimum atomic E-state index is -0.827. The molecular formula is C24H27NO3. The molecule has 1 atom stereocenters. The van der Waals surface area contributed by atoms with Crippen molar-refractivity contribution in [3.63, 3.8) is 0 Å². The Bertz CT molecular complexity index is 956. The largest absolute Gasteiger partial charge is 0.481 e. The maximum Gasteiger partial charge on any atom is 0.313 e. The van der Waals surface area contributed by atoms with Gasteiger partial charge in [0.05, 0.1) is 5.54 Å². The molecule has 1 spiro atoms. The SMILES string of the molecule is Cc1ccc2c(c1)C(C(=O)O)C1(CCCC1)N(Cc1ccc(C)c(C)c1)C2=O. The van der Waals surface area contributed by atoms with Crippen LogP contribution in [-0.2, 0) is 11.3 Å². The number of carbonyl (C=O) groups is 2. The number of carboxylic acid groups (broad SMARTS) is 1. The van der Waals surface area contributed by atoms with Crippen molar-refractivity contribution in [1.82, 2.24) is 4.90 Å². The molecule has 2 aromatic rings. The van der Waals surface area contributed by atoms with E-state index >= 15 is 0 Å². The Kier molecular flexibility index (Phi) is 4.53. The third kappa shape index (κ3) is 2.83. The highest BCUT2D eigenvalue weighted by atomic mass is 16.4. The van der Waals surface area contributed by atoms with Gasteiger partial charge in [0.25, 0.3) is 5.91 Å². The number of benzene rings is 2. The molecule has 0 bridgehead atoms. The minimum Gasteiger partial charge on any atom is -0.481 e. The normalized spacial score (nSPS) is 20.5. The molecule has 0 radical (unpaired) electrons. The van der Waals surface area contributed by atoms with Crippen LogP contribution in [0.2, 0.25) is 0 Å². The fraction of sp³-hybridized carbons (Fsp3) is 0.417. The molecule has 1 aliphatic heterocycles. The monoisotopic (exact) mass is 377 g/mol. The summed E-state index contributed by atoms with van der Waals surface area (Å²) in [6.45, 7) is 6.55. The van der Waals surface area contributed by atoms with Gasteiger partial charge in [0.2, 0.25) is 0 Å². The zero-order valence-corrected chi connectivity index (χ0v) is 16.8. The minimum absolute atomic E-state index is 0.0346. The van der Waals surface area contributed by atoms with E-state index in [2.05, 4.69) is 32.0 Å². The molecule has 1 N–H and O–H groups in total. The molecule has 2 aliphatic rings. The average Bonchev–Trinajstić information content (AvgIpc) is 3.11. The predicted molar refractivity (Wildman–Crippen MR) is 109 cm³/mol. The standard InChI is InChI=1S/C24H27NO3/c1-15-6-9-19-20(12-15)21(23(27)28)24(10-4-5-11-24)25(22(19)26)14-18-8-7-16(2)17(3)13-18/h6-9,12-13,21H,4-5,10-11,14H2,1-3H3,(H,27,28). The number of carbonyl (C=O) groups excluding carboxylic acids is 1. The van der Waals surface area contributed by atoms with E-state index in [-0.39, 0.29) is 5.91 Å². The molecule has 2 aromatic carbocycles. The van der Waals surface area contributed by atoms with Crippen LogP contribution in [0.5, 0.6) is 0 Å². The van der Waals surface area contributed by atoms with Gasteiger partial charge in [-0.1, -0.05) is 48.7 Å². The summed E-state index contributed by atoms with van der Waals surface area (Å²) in [5.41, 5.74) is 5.05. The first kappa shape index (κ1) is 18.7. The number of amides is 1. The van der Waals surface area contributed by atoms with Crippen LogP contribution >= 0.6 is 0 Å². The van der Waals surface area contributed by atoms with Crippen molar-refractivity contribution in [1.29, 1.82) is 0 Å². The number of aryl methyl sites for hydroxylation is 3. The molecular weight excluding hydrogens is 350 g/mol. The smallest absolute Gasteiger partial charge is 0.313 e. The number of carboxylic acids is 1. The maximum absolute atomic E-state index is 13.5. The number of nitrogens with zero attached hydrogens (tertiary/aromatic N) is 1. The van der Waals surface area contributed by atoms with Gasteiger partial charge >= 0.3 is 5.97 Å². The highest BCUT2D eigenvalue weighted by Gasteiger charge is 2.55. The van der Waals surface area contributed by atoms with Crippen LogP contribution in [-0.4, -0.2) is 27.4 Å². The second-order valence-corrected chi connectivity index (χ2v) is 8.48. The molecule has 0 saturated heterocycles. The zero-order chi connectivity index (χ0) is 20.1. The van der Waals surface area contributed by atoms with E-state index in [1.807, 2.05) is 24.0 Å². The molecule has 4 nitrogen and oxygen atoms in total. The van der Waals surface area contributed by atoms with Gasteiger partial charge in [0, 0.05) is 12.1 Å². The number of aliphatic carboxylic acids is 1. The quantitative estimate of drug-likeness (QED) is 0.840. The Morgan fingerprint density at radius 2 is 1.79 bits per heavy atom. The molecule has 1 amide bonds. The molecule has 1 saturated carbocycles. The third-order valence-electron chi connectivity index (χ3n) is 6.70. The van der Waals surface area contributed by atoms with Crippen LogP contribution in [0, 0.1) is 20.8 Å². The molecule has 4 rings (SSSR count). The number of rotatable bonds is 3. The molecule has 0 aromatic heterocycles. The van der Waals surface area contributed by atoms with Crippen LogP contribution in [0.4, 0.5) is 0 Å². The van der Waals surface area contributed by atoms with Gasteiger partial charge in [0.1, 0.15) is 5.92 Å². The van der Waals surface area contributed by atoms with Gasteiger partial charge < -0.3 is 10.0 Å². The lowest BCUT2D eigenvalue weighted by molar-refractivity contribution is -0.143. The van der Waals surface area contributed by atoms with Crippen LogP contribution < -0.4 is 0 Å². The van der Waals surface area contributed by atoms with E-state index < -0.39 is 17.4 Å². The van der Waals surface area contributed by atoms with Gasteiger partial charge in [0.15, 0.2) is 0 Å². The van der Waals surface area contributed by atoms with Crippen molar-refractivity contribution in [2.45, 2.75) is 64.5 Å². The lowest BCUT2D eigenvalue weighted by Gasteiger charge is -2.49. The van der Waals surface area contributed by atoms with Crippen LogP contribution in [0.3, 0.4) is 0 Å². The van der Waals surface area contributed by atoms with E-state index in [0.717, 1.165) is 36.8 Å². The Balaban J connectivity index is 1.86.